The normalized spacial score (nSPS) is 10.6. The van der Waals surface area contributed by atoms with Gasteiger partial charge in [0.15, 0.2) is 0 Å². The van der Waals surface area contributed by atoms with Gasteiger partial charge in [0, 0.05) is 0 Å². The van der Waals surface area contributed by atoms with E-state index in [9.17, 15) is 13.5 Å². The molecule has 1 aromatic rings. The van der Waals surface area contributed by atoms with Gasteiger partial charge in [0.25, 0.3) is 10.1 Å². The predicted octanol–water partition coefficient (Wildman–Crippen LogP) is 0.158. The quantitative estimate of drug-likeness (QED) is 0.336. The Balaban J connectivity index is 0. The molecule has 0 aliphatic heterocycles. The van der Waals surface area contributed by atoms with Crippen LogP contribution >= 0.6 is 0 Å². The zero-order valence-electron chi connectivity index (χ0n) is 12.9. The average Bonchev–Trinajstić information content (AvgIpc) is 2.44. The molecule has 1 N–H and O–H groups in total. The van der Waals surface area contributed by atoms with Crippen molar-refractivity contribution in [3.05, 3.63) is 42.7 Å². The van der Waals surface area contributed by atoms with Gasteiger partial charge in [-0.3, -0.25) is 4.55 Å². The Labute approximate surface area is 150 Å². The number of hydrogen-bond donors (Lipinski definition) is 1. The molecule has 1 aromatic carbocycles. The van der Waals surface area contributed by atoms with E-state index in [1.54, 1.807) is 24.3 Å². The molecule has 0 aromatic heterocycles. The monoisotopic (exact) mass is 322 g/mol. The SMILES string of the molecule is CCCCCCCC=C[O-].O=S(=O)(O)c1ccccc1.[Na+]. The Morgan fingerprint density at radius 3 is 2.10 bits per heavy atom. The Kier molecular flexibility index (Phi) is 16.0. The Morgan fingerprint density at radius 2 is 1.67 bits per heavy atom. The van der Waals surface area contributed by atoms with Crippen molar-refractivity contribution in [3.63, 3.8) is 0 Å². The van der Waals surface area contributed by atoms with Crippen molar-refractivity contribution in [1.82, 2.24) is 0 Å². The molecule has 0 radical (unpaired) electrons. The summed E-state index contributed by atoms with van der Waals surface area (Å²) < 4.78 is 29.2. The Morgan fingerprint density at radius 1 is 1.10 bits per heavy atom. The summed E-state index contributed by atoms with van der Waals surface area (Å²) >= 11 is 0. The standard InChI is InChI=1S/C9H18O.C6H6O3S.Na/c1-2-3-4-5-6-7-8-9-10;7-10(8,9)6-4-2-1-3-5-6;/h8-10H,2-7H2,1H3;1-5H,(H,7,8,9);/q;;+1/p-1. The first-order valence-corrected chi connectivity index (χ1v) is 8.26. The van der Waals surface area contributed by atoms with E-state index in [0.29, 0.717) is 0 Å². The largest absolute Gasteiger partial charge is 1.00 e. The fourth-order valence-electron chi connectivity index (χ4n) is 1.53. The van der Waals surface area contributed by atoms with Crippen LogP contribution in [0.5, 0.6) is 0 Å². The molecule has 0 spiro atoms. The zero-order valence-corrected chi connectivity index (χ0v) is 15.7. The van der Waals surface area contributed by atoms with E-state index in [-0.39, 0.29) is 34.5 Å². The fourth-order valence-corrected chi connectivity index (χ4v) is 2.03. The first-order valence-electron chi connectivity index (χ1n) is 6.82. The summed E-state index contributed by atoms with van der Waals surface area (Å²) in [4.78, 5) is -0.0741. The number of hydrogen-bond acceptors (Lipinski definition) is 3. The van der Waals surface area contributed by atoms with Gasteiger partial charge in [0.1, 0.15) is 0 Å². The van der Waals surface area contributed by atoms with Crippen LogP contribution in [0, 0.1) is 0 Å². The molecule has 0 bridgehead atoms. The first-order chi connectivity index (χ1) is 9.52. The van der Waals surface area contributed by atoms with E-state index < -0.39 is 10.1 Å². The van der Waals surface area contributed by atoms with Crippen molar-refractivity contribution in [2.24, 2.45) is 0 Å². The van der Waals surface area contributed by atoms with Gasteiger partial charge in [-0.05, 0) is 25.0 Å². The third-order valence-electron chi connectivity index (χ3n) is 2.61. The van der Waals surface area contributed by atoms with Gasteiger partial charge in [0.2, 0.25) is 0 Å². The molecule has 6 heteroatoms. The van der Waals surface area contributed by atoms with Crippen LogP contribution in [0.25, 0.3) is 0 Å². The molecular formula is C15H23NaO4S. The summed E-state index contributed by atoms with van der Waals surface area (Å²) in [5.41, 5.74) is 0. The van der Waals surface area contributed by atoms with Crippen LogP contribution in [0.2, 0.25) is 0 Å². The molecule has 0 amide bonds. The maximum Gasteiger partial charge on any atom is 1.00 e. The van der Waals surface area contributed by atoms with E-state index >= 15 is 0 Å². The molecule has 0 aliphatic carbocycles. The number of benzene rings is 1. The van der Waals surface area contributed by atoms with E-state index in [1.807, 2.05) is 0 Å². The maximum absolute atomic E-state index is 10.4. The number of rotatable bonds is 7. The third kappa shape index (κ3) is 14.4. The molecule has 4 nitrogen and oxygen atoms in total. The molecule has 0 unspecified atom stereocenters. The van der Waals surface area contributed by atoms with Gasteiger partial charge in [-0.15, -0.1) is 0 Å². The van der Waals surface area contributed by atoms with Gasteiger partial charge in [-0.1, -0.05) is 56.9 Å². The van der Waals surface area contributed by atoms with Crippen LogP contribution in [0.15, 0.2) is 47.6 Å². The van der Waals surface area contributed by atoms with Crippen LogP contribution in [0.4, 0.5) is 0 Å². The number of allylic oxidation sites excluding steroid dienone is 1. The van der Waals surface area contributed by atoms with Gasteiger partial charge in [0.05, 0.1) is 4.90 Å². The summed E-state index contributed by atoms with van der Waals surface area (Å²) in [6, 6.07) is 7.42. The Bertz CT molecular complexity index is 458. The minimum Gasteiger partial charge on any atom is -0.878 e. The van der Waals surface area contributed by atoms with Crippen molar-refractivity contribution in [2.75, 3.05) is 0 Å². The summed E-state index contributed by atoms with van der Waals surface area (Å²) in [6.45, 7) is 2.21. The van der Waals surface area contributed by atoms with Crippen molar-refractivity contribution in [1.29, 1.82) is 0 Å². The van der Waals surface area contributed by atoms with Gasteiger partial charge >= 0.3 is 29.6 Å². The van der Waals surface area contributed by atoms with Gasteiger partial charge in [-0.2, -0.15) is 14.7 Å². The summed E-state index contributed by atoms with van der Waals surface area (Å²) in [5.74, 6) is 0. The van der Waals surface area contributed by atoms with Crippen LogP contribution in [0.3, 0.4) is 0 Å². The van der Waals surface area contributed by atoms with Gasteiger partial charge < -0.3 is 5.11 Å². The first kappa shape index (κ1) is 22.9. The second kappa shape index (κ2) is 14.6. The van der Waals surface area contributed by atoms with Crippen molar-refractivity contribution >= 4 is 10.1 Å². The topological polar surface area (TPSA) is 77.4 Å². The smallest absolute Gasteiger partial charge is 0.878 e. The number of unbranched alkanes of at least 4 members (excludes halogenated alkanes) is 5. The maximum atomic E-state index is 10.4. The molecule has 1 rings (SSSR count). The molecule has 0 heterocycles. The zero-order chi connectivity index (χ0) is 15.3. The summed E-state index contributed by atoms with van der Waals surface area (Å²) in [6.07, 6.45) is 9.96. The second-order valence-electron chi connectivity index (χ2n) is 4.36. The van der Waals surface area contributed by atoms with Crippen LogP contribution in [-0.4, -0.2) is 13.0 Å². The Hall–Kier alpha value is -0.330. The molecule has 0 saturated carbocycles. The molecule has 114 valence electrons. The second-order valence-corrected chi connectivity index (χ2v) is 5.78. The van der Waals surface area contributed by atoms with E-state index in [4.69, 9.17) is 4.55 Å². The molecule has 0 fully saturated rings. The van der Waals surface area contributed by atoms with Crippen LogP contribution in [-0.2, 0) is 10.1 Å². The van der Waals surface area contributed by atoms with E-state index in [1.165, 1.54) is 44.2 Å². The van der Waals surface area contributed by atoms with Crippen molar-refractivity contribution in [3.8, 4) is 0 Å². The molecule has 21 heavy (non-hydrogen) atoms. The van der Waals surface area contributed by atoms with Crippen LogP contribution < -0.4 is 34.7 Å². The van der Waals surface area contributed by atoms with E-state index in [0.717, 1.165) is 12.7 Å². The summed E-state index contributed by atoms with van der Waals surface area (Å²) in [5, 5.41) is 9.84. The van der Waals surface area contributed by atoms with Crippen LogP contribution in [0.1, 0.15) is 45.4 Å². The molecule has 0 aliphatic rings. The molecule has 0 saturated heterocycles. The third-order valence-corrected chi connectivity index (χ3v) is 3.48. The molecule has 0 atom stereocenters. The molecular weight excluding hydrogens is 299 g/mol. The van der Waals surface area contributed by atoms with E-state index in [2.05, 4.69) is 6.92 Å². The van der Waals surface area contributed by atoms with Crippen molar-refractivity contribution in [2.45, 2.75) is 50.3 Å². The average molecular weight is 322 g/mol. The summed E-state index contributed by atoms with van der Waals surface area (Å²) in [7, 11) is -4.00. The predicted molar refractivity (Wildman–Crippen MR) is 78.8 cm³/mol. The van der Waals surface area contributed by atoms with Crippen molar-refractivity contribution < 1.29 is 47.6 Å². The minimum atomic E-state index is -4.00. The fraction of sp³-hybridized carbons (Fsp3) is 0.467. The minimum absolute atomic E-state index is 0. The van der Waals surface area contributed by atoms with Gasteiger partial charge in [-0.25, -0.2) is 0 Å².